The summed E-state index contributed by atoms with van der Waals surface area (Å²) in [5, 5.41) is 16.3. The van der Waals surface area contributed by atoms with E-state index in [1.807, 2.05) is 54.6 Å². The summed E-state index contributed by atoms with van der Waals surface area (Å²) in [6, 6.07) is 20.7. The first kappa shape index (κ1) is 29.7. The van der Waals surface area contributed by atoms with Crippen molar-refractivity contribution in [3.05, 3.63) is 112 Å². The third kappa shape index (κ3) is 6.05. The molecule has 2 N–H and O–H groups in total. The van der Waals surface area contributed by atoms with E-state index in [0.29, 0.717) is 34.0 Å². The molecule has 0 saturated carbocycles. The van der Waals surface area contributed by atoms with Crippen LogP contribution in [0.15, 0.2) is 83.9 Å². The molecule has 0 radical (unpaired) electrons. The highest BCUT2D eigenvalue weighted by molar-refractivity contribution is 5.95. The Labute approximate surface area is 259 Å². The van der Waals surface area contributed by atoms with Crippen molar-refractivity contribution in [3.63, 3.8) is 0 Å². The average molecular weight is 604 g/mol. The van der Waals surface area contributed by atoms with Crippen LogP contribution in [-0.4, -0.2) is 42.7 Å². The molecular formula is C35H33N5O5. The maximum absolute atomic E-state index is 13.7. The van der Waals surface area contributed by atoms with Gasteiger partial charge in [0.15, 0.2) is 11.4 Å². The molecule has 10 nitrogen and oxygen atoms in total. The largest absolute Gasteiger partial charge is 0.496 e. The molecule has 3 heterocycles. The van der Waals surface area contributed by atoms with Crippen molar-refractivity contribution in [2.45, 2.75) is 45.6 Å². The normalized spacial score (nSPS) is 11.7. The van der Waals surface area contributed by atoms with Gasteiger partial charge >= 0.3 is 0 Å². The molecule has 6 aromatic rings. The second kappa shape index (κ2) is 12.0. The Balaban J connectivity index is 1.31. The highest BCUT2D eigenvalue weighted by Crippen LogP contribution is 2.34. The van der Waals surface area contributed by atoms with E-state index < -0.39 is 0 Å². The Morgan fingerprint density at radius 1 is 0.911 bits per heavy atom. The summed E-state index contributed by atoms with van der Waals surface area (Å²) < 4.78 is 13.6. The number of ether oxygens (including phenoxy) is 2. The fraction of sp³-hybridized carbons (Fsp3) is 0.229. The van der Waals surface area contributed by atoms with Crippen LogP contribution in [-0.2, 0) is 29.7 Å². The molecule has 3 aromatic heterocycles. The van der Waals surface area contributed by atoms with Gasteiger partial charge < -0.3 is 19.6 Å². The maximum atomic E-state index is 13.7. The van der Waals surface area contributed by atoms with Crippen molar-refractivity contribution in [1.29, 1.82) is 0 Å². The highest BCUT2D eigenvalue weighted by atomic mass is 16.5. The monoisotopic (exact) mass is 603 g/mol. The van der Waals surface area contributed by atoms with E-state index in [1.54, 1.807) is 30.1 Å². The molecule has 0 aliphatic carbocycles. The van der Waals surface area contributed by atoms with Gasteiger partial charge in [-0.2, -0.15) is 5.10 Å². The van der Waals surface area contributed by atoms with Crippen LogP contribution in [0.4, 0.5) is 0 Å². The minimum atomic E-state index is -0.344. The Morgan fingerprint density at radius 2 is 1.69 bits per heavy atom. The number of ketones is 1. The molecule has 0 spiro atoms. The number of pyridine rings is 1. The molecule has 45 heavy (non-hydrogen) atoms. The van der Waals surface area contributed by atoms with Crippen LogP contribution in [0.2, 0.25) is 0 Å². The van der Waals surface area contributed by atoms with E-state index in [2.05, 4.69) is 35.7 Å². The fourth-order valence-electron chi connectivity index (χ4n) is 5.31. The lowest BCUT2D eigenvalue weighted by atomic mass is 9.92. The van der Waals surface area contributed by atoms with E-state index in [9.17, 15) is 14.7 Å². The smallest absolute Gasteiger partial charge is 0.268 e. The third-order valence-corrected chi connectivity index (χ3v) is 7.64. The van der Waals surface area contributed by atoms with Gasteiger partial charge in [0.25, 0.3) is 5.56 Å². The number of rotatable bonds is 9. The standard InChI is InChI=1S/C35H33N5O5/c1-35(2,3)31-18-24(40(39-31)23-11-9-22(20-41)30(17-23)44-4)16-25(42)15-21-10-12-28(27-8-6-5-7-26(21)27)45-29-13-14-36-34-33(29)37-19-32(43)38-34/h5-14,17-19,41H,15-16,20H2,1-4H3,(H,36,38,43). The lowest BCUT2D eigenvalue weighted by Crippen LogP contribution is -2.13. The molecule has 0 fully saturated rings. The van der Waals surface area contributed by atoms with Crippen molar-refractivity contribution in [1.82, 2.24) is 24.7 Å². The van der Waals surface area contributed by atoms with Gasteiger partial charge in [0.1, 0.15) is 22.8 Å². The Bertz CT molecular complexity index is 2110. The number of aromatic nitrogens is 5. The number of hydrogen-bond acceptors (Lipinski definition) is 8. The number of H-pyrrole nitrogens is 1. The fourth-order valence-corrected chi connectivity index (χ4v) is 5.31. The minimum absolute atomic E-state index is 0.0302. The van der Waals surface area contributed by atoms with Crippen LogP contribution >= 0.6 is 0 Å². The summed E-state index contributed by atoms with van der Waals surface area (Å²) in [5.41, 5.74) is 4.13. The number of carbonyl (C=O) groups excluding carboxylic acids is 1. The SMILES string of the molecule is COc1cc(-n2nc(C(C)(C)C)cc2CC(=O)Cc2ccc(Oc3ccnc4[nH]c(=O)cnc34)c3ccccc23)ccc1CO. The summed E-state index contributed by atoms with van der Waals surface area (Å²) >= 11 is 0. The summed E-state index contributed by atoms with van der Waals surface area (Å²) in [6.07, 6.45) is 3.13. The summed E-state index contributed by atoms with van der Waals surface area (Å²) in [7, 11) is 1.56. The van der Waals surface area contributed by atoms with Gasteiger partial charge in [-0.1, -0.05) is 57.2 Å². The van der Waals surface area contributed by atoms with Gasteiger partial charge in [-0.05, 0) is 29.1 Å². The number of aromatic amines is 1. The molecule has 0 saturated heterocycles. The lowest BCUT2D eigenvalue weighted by molar-refractivity contribution is -0.117. The van der Waals surface area contributed by atoms with Gasteiger partial charge in [-0.3, -0.25) is 9.59 Å². The maximum Gasteiger partial charge on any atom is 0.268 e. The highest BCUT2D eigenvalue weighted by Gasteiger charge is 2.23. The van der Waals surface area contributed by atoms with Crippen LogP contribution in [0, 0.1) is 0 Å². The van der Waals surface area contributed by atoms with E-state index >= 15 is 0 Å². The second-order valence-electron chi connectivity index (χ2n) is 11.9. The molecule has 0 aliphatic rings. The Kier molecular flexibility index (Phi) is 7.90. The Hall–Kier alpha value is -5.35. The average Bonchev–Trinajstić information content (AvgIpc) is 3.46. The van der Waals surface area contributed by atoms with Gasteiger partial charge in [-0.15, -0.1) is 0 Å². The third-order valence-electron chi connectivity index (χ3n) is 7.64. The molecule has 228 valence electrons. The van der Waals surface area contributed by atoms with Crippen molar-refractivity contribution in [2.75, 3.05) is 7.11 Å². The number of carbonyl (C=O) groups is 1. The van der Waals surface area contributed by atoms with E-state index in [4.69, 9.17) is 14.6 Å². The first-order valence-corrected chi connectivity index (χ1v) is 14.6. The number of fused-ring (bicyclic) bond motifs is 2. The number of benzene rings is 3. The number of nitrogens with one attached hydrogen (secondary N) is 1. The molecule has 0 amide bonds. The predicted octanol–water partition coefficient (Wildman–Crippen LogP) is 5.60. The second-order valence-corrected chi connectivity index (χ2v) is 11.9. The van der Waals surface area contributed by atoms with Gasteiger partial charge in [-0.25, -0.2) is 14.6 Å². The van der Waals surface area contributed by atoms with Crippen molar-refractivity contribution in [3.8, 4) is 22.9 Å². The van der Waals surface area contributed by atoms with E-state index in [-0.39, 0.29) is 36.2 Å². The Morgan fingerprint density at radius 3 is 2.44 bits per heavy atom. The van der Waals surface area contributed by atoms with Crippen LogP contribution in [0.3, 0.4) is 0 Å². The predicted molar refractivity (Wildman–Crippen MR) is 171 cm³/mol. The van der Waals surface area contributed by atoms with Crippen LogP contribution in [0.1, 0.15) is 43.3 Å². The number of hydrogen-bond donors (Lipinski definition) is 2. The molecule has 0 aliphatic heterocycles. The summed E-state index contributed by atoms with van der Waals surface area (Å²) in [6.45, 7) is 6.11. The van der Waals surface area contributed by atoms with Crippen molar-refractivity contribution < 1.29 is 19.4 Å². The first-order valence-electron chi connectivity index (χ1n) is 14.6. The van der Waals surface area contributed by atoms with Gasteiger partial charge in [0, 0.05) is 47.5 Å². The summed E-state index contributed by atoms with van der Waals surface area (Å²) in [4.78, 5) is 36.4. The van der Waals surface area contributed by atoms with Crippen LogP contribution < -0.4 is 15.0 Å². The zero-order chi connectivity index (χ0) is 31.7. The molecule has 0 unspecified atom stereocenters. The molecule has 3 aromatic carbocycles. The van der Waals surface area contributed by atoms with Crippen LogP contribution in [0.25, 0.3) is 27.6 Å². The van der Waals surface area contributed by atoms with E-state index in [1.165, 1.54) is 6.20 Å². The molecule has 10 heteroatoms. The first-order chi connectivity index (χ1) is 21.6. The number of Topliss-reactive ketones (excluding diaryl/α,β-unsaturated/α-hetero) is 1. The topological polar surface area (TPSA) is 132 Å². The van der Waals surface area contributed by atoms with Crippen LogP contribution in [0.5, 0.6) is 17.2 Å². The number of aliphatic hydroxyl groups is 1. The number of aliphatic hydroxyl groups excluding tert-OH is 1. The zero-order valence-corrected chi connectivity index (χ0v) is 25.5. The quantitative estimate of drug-likeness (QED) is 0.218. The molecule has 0 atom stereocenters. The molecule has 6 rings (SSSR count). The zero-order valence-electron chi connectivity index (χ0n) is 25.5. The summed E-state index contributed by atoms with van der Waals surface area (Å²) in [5.74, 6) is 1.63. The molecular weight excluding hydrogens is 570 g/mol. The lowest BCUT2D eigenvalue weighted by Gasteiger charge is -2.14. The van der Waals surface area contributed by atoms with E-state index in [0.717, 1.165) is 33.4 Å². The van der Waals surface area contributed by atoms with Crippen molar-refractivity contribution >= 4 is 27.7 Å². The van der Waals surface area contributed by atoms with Gasteiger partial charge in [0.2, 0.25) is 0 Å². The number of methoxy groups -OCH3 is 1. The van der Waals surface area contributed by atoms with Gasteiger partial charge in [0.05, 0.1) is 37.0 Å². The number of nitrogens with zero attached hydrogens (tertiary/aromatic N) is 4. The minimum Gasteiger partial charge on any atom is -0.496 e. The molecule has 0 bridgehead atoms. The van der Waals surface area contributed by atoms with Crippen molar-refractivity contribution in [2.24, 2.45) is 0 Å².